The van der Waals surface area contributed by atoms with Crippen molar-refractivity contribution in [1.82, 2.24) is 5.32 Å². The standard InChI is InChI=1S/C13H13Cl3N2O5/c1-2-21-12(20)17-11(13(14,15)16)23-18-8-5-3-4-6-9(8)22-7-10(18)19/h3-6,11H,2,7H2,1H3,(H,17,20). The molecule has 0 spiro atoms. The Hall–Kier alpha value is -1.41. The van der Waals surface area contributed by atoms with Crippen molar-refractivity contribution in [3.05, 3.63) is 24.3 Å². The summed E-state index contributed by atoms with van der Waals surface area (Å²) in [5, 5.41) is 3.16. The molecule has 0 bridgehead atoms. The number of fused-ring (bicyclic) bond motifs is 1. The molecule has 1 aromatic carbocycles. The number of rotatable bonds is 4. The first-order chi connectivity index (χ1) is 10.8. The lowest BCUT2D eigenvalue weighted by Crippen LogP contribution is -2.52. The minimum atomic E-state index is -2.04. The summed E-state index contributed by atoms with van der Waals surface area (Å²) in [5.41, 5.74) is 0.327. The zero-order valence-electron chi connectivity index (χ0n) is 11.9. The molecule has 0 radical (unpaired) electrons. The quantitative estimate of drug-likeness (QED) is 0.639. The van der Waals surface area contributed by atoms with Crippen LogP contribution in [0.15, 0.2) is 24.3 Å². The van der Waals surface area contributed by atoms with E-state index in [1.165, 1.54) is 0 Å². The van der Waals surface area contributed by atoms with Crippen molar-refractivity contribution in [2.45, 2.75) is 16.9 Å². The zero-order valence-corrected chi connectivity index (χ0v) is 14.2. The highest BCUT2D eigenvalue weighted by atomic mass is 35.6. The Morgan fingerprint density at radius 2 is 2.13 bits per heavy atom. The summed E-state index contributed by atoms with van der Waals surface area (Å²) in [7, 11) is 0. The second-order valence-electron chi connectivity index (χ2n) is 4.34. The number of hydrogen-bond acceptors (Lipinski definition) is 5. The maximum absolute atomic E-state index is 12.0. The maximum Gasteiger partial charge on any atom is 0.409 e. The molecule has 1 aliphatic heterocycles. The first-order valence-corrected chi connectivity index (χ1v) is 7.68. The average molecular weight is 384 g/mol. The molecule has 126 valence electrons. The highest BCUT2D eigenvalue weighted by Crippen LogP contribution is 2.36. The normalized spacial score (nSPS) is 15.5. The SMILES string of the molecule is CCOC(=O)NC(ON1C(=O)COc2ccccc21)C(Cl)(Cl)Cl. The van der Waals surface area contributed by atoms with Crippen molar-refractivity contribution in [3.8, 4) is 5.75 Å². The summed E-state index contributed by atoms with van der Waals surface area (Å²) in [4.78, 5) is 29.0. The number of alkyl halides is 3. The Kier molecular flexibility index (Phi) is 5.80. The Morgan fingerprint density at radius 1 is 1.43 bits per heavy atom. The number of para-hydroxylation sites is 2. The lowest BCUT2D eigenvalue weighted by atomic mass is 10.2. The van der Waals surface area contributed by atoms with E-state index < -0.39 is 22.0 Å². The molecule has 10 heteroatoms. The number of hydrogen-bond donors (Lipinski definition) is 1. The van der Waals surface area contributed by atoms with E-state index in [2.05, 4.69) is 5.32 Å². The number of carbonyl (C=O) groups excluding carboxylic acids is 2. The molecule has 0 saturated heterocycles. The van der Waals surface area contributed by atoms with Gasteiger partial charge in [-0.1, -0.05) is 46.9 Å². The van der Waals surface area contributed by atoms with Crippen molar-refractivity contribution >= 4 is 52.5 Å². The van der Waals surface area contributed by atoms with Gasteiger partial charge in [-0.2, -0.15) is 5.06 Å². The number of carbonyl (C=O) groups is 2. The fourth-order valence-corrected chi connectivity index (χ4v) is 2.03. The third kappa shape index (κ3) is 4.54. The third-order valence-electron chi connectivity index (χ3n) is 2.69. The van der Waals surface area contributed by atoms with E-state index in [4.69, 9.17) is 49.1 Å². The van der Waals surface area contributed by atoms with Crippen LogP contribution in [-0.2, 0) is 14.4 Å². The zero-order chi connectivity index (χ0) is 17.0. The number of hydroxylamine groups is 1. The smallest absolute Gasteiger partial charge is 0.409 e. The van der Waals surface area contributed by atoms with E-state index in [-0.39, 0.29) is 13.2 Å². The van der Waals surface area contributed by atoms with E-state index in [1.807, 2.05) is 0 Å². The monoisotopic (exact) mass is 382 g/mol. The Bertz CT molecular complexity index is 593. The molecule has 7 nitrogen and oxygen atoms in total. The summed E-state index contributed by atoms with van der Waals surface area (Å²) < 4.78 is 7.95. The predicted molar refractivity (Wildman–Crippen MR) is 84.7 cm³/mol. The third-order valence-corrected chi connectivity index (χ3v) is 3.29. The van der Waals surface area contributed by atoms with Gasteiger partial charge in [0.15, 0.2) is 6.61 Å². The van der Waals surface area contributed by atoms with Crippen LogP contribution in [0.5, 0.6) is 5.75 Å². The van der Waals surface area contributed by atoms with Gasteiger partial charge in [-0.25, -0.2) is 9.63 Å². The molecule has 1 N–H and O–H groups in total. The number of alkyl carbamates (subject to hydrolysis) is 1. The number of amides is 2. The molecule has 1 unspecified atom stereocenters. The Balaban J connectivity index is 2.22. The van der Waals surface area contributed by atoms with Gasteiger partial charge in [0.2, 0.25) is 10.0 Å². The van der Waals surface area contributed by atoms with Gasteiger partial charge in [0.05, 0.1) is 6.61 Å². The highest BCUT2D eigenvalue weighted by molar-refractivity contribution is 6.68. The minimum absolute atomic E-state index is 0.123. The molecule has 1 atom stereocenters. The summed E-state index contributed by atoms with van der Waals surface area (Å²) >= 11 is 17.4. The number of nitrogens with one attached hydrogen (secondary N) is 1. The molecule has 2 amide bonds. The number of anilines is 1. The molecule has 0 fully saturated rings. The van der Waals surface area contributed by atoms with Crippen LogP contribution in [0.25, 0.3) is 0 Å². The van der Waals surface area contributed by atoms with Crippen LogP contribution in [0.3, 0.4) is 0 Å². The van der Waals surface area contributed by atoms with Crippen LogP contribution < -0.4 is 15.1 Å². The fraction of sp³-hybridized carbons (Fsp3) is 0.385. The molecule has 1 aromatic rings. The minimum Gasteiger partial charge on any atom is -0.481 e. The average Bonchev–Trinajstić information content (AvgIpc) is 2.48. The van der Waals surface area contributed by atoms with Gasteiger partial charge >= 0.3 is 6.09 Å². The molecule has 0 saturated carbocycles. The van der Waals surface area contributed by atoms with Crippen LogP contribution in [0, 0.1) is 0 Å². The van der Waals surface area contributed by atoms with E-state index >= 15 is 0 Å². The first kappa shape index (κ1) is 17.9. The molecule has 1 heterocycles. The van der Waals surface area contributed by atoms with Gasteiger partial charge in [-0.15, -0.1) is 0 Å². The van der Waals surface area contributed by atoms with Gasteiger partial charge < -0.3 is 9.47 Å². The molecular weight excluding hydrogens is 371 g/mol. The summed E-state index contributed by atoms with van der Waals surface area (Å²) in [5.74, 6) is -0.0973. The van der Waals surface area contributed by atoms with Crippen molar-refractivity contribution in [2.24, 2.45) is 0 Å². The lowest BCUT2D eigenvalue weighted by Gasteiger charge is -2.33. The van der Waals surface area contributed by atoms with Crippen LogP contribution in [0.4, 0.5) is 10.5 Å². The van der Waals surface area contributed by atoms with E-state index in [0.29, 0.717) is 11.4 Å². The molecule has 23 heavy (non-hydrogen) atoms. The molecule has 2 rings (SSSR count). The van der Waals surface area contributed by atoms with Crippen molar-refractivity contribution in [2.75, 3.05) is 18.3 Å². The van der Waals surface area contributed by atoms with Gasteiger partial charge in [-0.3, -0.25) is 10.1 Å². The Morgan fingerprint density at radius 3 is 2.78 bits per heavy atom. The van der Waals surface area contributed by atoms with Crippen LogP contribution in [0.1, 0.15) is 6.92 Å². The summed E-state index contributed by atoms with van der Waals surface area (Å²) in [6.45, 7) is 1.49. The van der Waals surface area contributed by atoms with E-state index in [1.54, 1.807) is 31.2 Å². The molecule has 0 aliphatic carbocycles. The largest absolute Gasteiger partial charge is 0.481 e. The van der Waals surface area contributed by atoms with E-state index in [9.17, 15) is 9.59 Å². The number of nitrogens with zero attached hydrogens (tertiary/aromatic N) is 1. The molecule has 1 aliphatic rings. The van der Waals surface area contributed by atoms with Crippen molar-refractivity contribution in [3.63, 3.8) is 0 Å². The topological polar surface area (TPSA) is 77.1 Å². The Labute approximate surface area is 147 Å². The highest BCUT2D eigenvalue weighted by Gasteiger charge is 2.40. The molecule has 0 aromatic heterocycles. The van der Waals surface area contributed by atoms with Crippen LogP contribution in [0.2, 0.25) is 0 Å². The van der Waals surface area contributed by atoms with Crippen molar-refractivity contribution in [1.29, 1.82) is 0 Å². The van der Waals surface area contributed by atoms with Crippen molar-refractivity contribution < 1.29 is 23.9 Å². The summed E-state index contributed by atoms with van der Waals surface area (Å²) in [6, 6.07) is 6.66. The van der Waals surface area contributed by atoms with Gasteiger partial charge in [0, 0.05) is 0 Å². The second-order valence-corrected chi connectivity index (χ2v) is 6.71. The van der Waals surface area contributed by atoms with Gasteiger partial charge in [0.25, 0.3) is 5.91 Å². The number of ether oxygens (including phenoxy) is 2. The number of halogens is 3. The van der Waals surface area contributed by atoms with Gasteiger partial charge in [0.1, 0.15) is 11.4 Å². The lowest BCUT2D eigenvalue weighted by molar-refractivity contribution is -0.132. The second kappa shape index (κ2) is 7.44. The van der Waals surface area contributed by atoms with Gasteiger partial charge in [-0.05, 0) is 19.1 Å². The van der Waals surface area contributed by atoms with E-state index in [0.717, 1.165) is 5.06 Å². The predicted octanol–water partition coefficient (Wildman–Crippen LogP) is 2.79. The van der Waals surface area contributed by atoms with Crippen LogP contribution >= 0.6 is 34.8 Å². The first-order valence-electron chi connectivity index (χ1n) is 6.54. The van der Waals surface area contributed by atoms with Crippen LogP contribution in [-0.4, -0.2) is 35.2 Å². The number of benzene rings is 1. The maximum atomic E-state index is 12.0. The summed E-state index contributed by atoms with van der Waals surface area (Å²) in [6.07, 6.45) is -2.31. The molecular formula is C13H13Cl3N2O5. The fourth-order valence-electron chi connectivity index (χ4n) is 1.75.